The van der Waals surface area contributed by atoms with E-state index in [1.807, 2.05) is 0 Å². The van der Waals surface area contributed by atoms with Crippen LogP contribution in [0, 0.1) is 0 Å². The van der Waals surface area contributed by atoms with Gasteiger partial charge in [0, 0.05) is 18.5 Å². The summed E-state index contributed by atoms with van der Waals surface area (Å²) in [6, 6.07) is 2.19. The van der Waals surface area contributed by atoms with Crippen LogP contribution in [0.1, 0.15) is 6.92 Å². The number of rotatable bonds is 5. The van der Waals surface area contributed by atoms with Crippen molar-refractivity contribution in [2.24, 2.45) is 0 Å². The van der Waals surface area contributed by atoms with E-state index in [9.17, 15) is 9.59 Å². The lowest BCUT2D eigenvalue weighted by molar-refractivity contribution is -0.144. The maximum atomic E-state index is 11.5. The lowest BCUT2D eigenvalue weighted by Crippen LogP contribution is -2.45. The molecular weight excluding hydrogens is 327 g/mol. The Morgan fingerprint density at radius 2 is 1.80 bits per heavy atom. The van der Waals surface area contributed by atoms with Crippen LogP contribution in [-0.4, -0.2) is 31.6 Å². The normalized spacial score (nSPS) is 11.7. The molecule has 110 valence electrons. The molecule has 0 fully saturated rings. The fraction of sp³-hybridized carbons (Fsp3) is 0.333. The fourth-order valence-corrected chi connectivity index (χ4v) is 2.45. The van der Waals surface area contributed by atoms with Crippen molar-refractivity contribution >= 4 is 52.4 Å². The number of ether oxygens (including phenoxy) is 1. The Balaban J connectivity index is 2.82. The Bertz CT molecular complexity index is 500. The van der Waals surface area contributed by atoms with E-state index in [1.54, 1.807) is 0 Å². The molecule has 0 heterocycles. The third-order valence-electron chi connectivity index (χ3n) is 2.35. The predicted octanol–water partition coefficient (Wildman–Crippen LogP) is 2.74. The van der Waals surface area contributed by atoms with Gasteiger partial charge < -0.3 is 15.4 Å². The molecule has 0 aromatic heterocycles. The standard InChI is InChI=1S/C12H13Cl3N2O3/c1-6(18)17-10(12(19)20-2)5-16-11-8(14)3-7(13)4-9(11)15/h3-4,10,16H,5H2,1-2H3,(H,17,18). The topological polar surface area (TPSA) is 67.4 Å². The minimum Gasteiger partial charge on any atom is -0.467 e. The number of hydrogen-bond donors (Lipinski definition) is 2. The summed E-state index contributed by atoms with van der Waals surface area (Å²) in [7, 11) is 1.24. The van der Waals surface area contributed by atoms with Gasteiger partial charge in [0.15, 0.2) is 0 Å². The van der Waals surface area contributed by atoms with E-state index in [2.05, 4.69) is 15.4 Å². The summed E-state index contributed by atoms with van der Waals surface area (Å²) >= 11 is 17.8. The second kappa shape index (κ2) is 7.57. The molecule has 1 unspecified atom stereocenters. The summed E-state index contributed by atoms with van der Waals surface area (Å²) in [6.45, 7) is 1.38. The van der Waals surface area contributed by atoms with Crippen LogP contribution in [-0.2, 0) is 14.3 Å². The first-order valence-corrected chi connectivity index (χ1v) is 6.72. The molecule has 0 aliphatic heterocycles. The number of methoxy groups -OCH3 is 1. The molecule has 0 aliphatic rings. The molecule has 0 bridgehead atoms. The molecule has 2 N–H and O–H groups in total. The predicted molar refractivity (Wildman–Crippen MR) is 79.6 cm³/mol. The van der Waals surface area contributed by atoms with Crippen molar-refractivity contribution < 1.29 is 14.3 Å². The van der Waals surface area contributed by atoms with E-state index >= 15 is 0 Å². The van der Waals surface area contributed by atoms with Gasteiger partial charge in [0.05, 0.1) is 22.8 Å². The molecule has 1 aromatic carbocycles. The molecule has 0 radical (unpaired) electrons. The zero-order valence-electron chi connectivity index (χ0n) is 10.8. The lowest BCUT2D eigenvalue weighted by Gasteiger charge is -2.18. The van der Waals surface area contributed by atoms with E-state index in [0.29, 0.717) is 20.8 Å². The molecule has 20 heavy (non-hydrogen) atoms. The highest BCUT2D eigenvalue weighted by molar-refractivity contribution is 6.41. The van der Waals surface area contributed by atoms with Crippen LogP contribution in [0.2, 0.25) is 15.1 Å². The van der Waals surface area contributed by atoms with Gasteiger partial charge in [0.25, 0.3) is 0 Å². The Morgan fingerprint density at radius 1 is 1.25 bits per heavy atom. The Hall–Kier alpha value is -1.17. The van der Waals surface area contributed by atoms with Gasteiger partial charge in [-0.3, -0.25) is 4.79 Å². The van der Waals surface area contributed by atoms with Crippen LogP contribution in [0.4, 0.5) is 5.69 Å². The maximum absolute atomic E-state index is 11.5. The molecule has 1 rings (SSSR count). The van der Waals surface area contributed by atoms with Crippen molar-refractivity contribution in [2.75, 3.05) is 19.0 Å². The Kier molecular flexibility index (Phi) is 6.39. The molecule has 1 amide bonds. The first-order valence-electron chi connectivity index (χ1n) is 5.58. The summed E-state index contributed by atoms with van der Waals surface area (Å²) in [4.78, 5) is 22.6. The van der Waals surface area contributed by atoms with Gasteiger partial charge >= 0.3 is 5.97 Å². The van der Waals surface area contributed by atoms with Gasteiger partial charge in [0.1, 0.15) is 6.04 Å². The van der Waals surface area contributed by atoms with Crippen LogP contribution in [0.15, 0.2) is 12.1 Å². The number of carbonyl (C=O) groups is 2. The first-order chi connectivity index (χ1) is 9.35. The van der Waals surface area contributed by atoms with E-state index in [0.717, 1.165) is 0 Å². The molecular formula is C12H13Cl3N2O3. The highest BCUT2D eigenvalue weighted by atomic mass is 35.5. The minimum absolute atomic E-state index is 0.0767. The fourth-order valence-electron chi connectivity index (χ4n) is 1.50. The van der Waals surface area contributed by atoms with Crippen molar-refractivity contribution in [3.8, 4) is 0 Å². The number of halogens is 3. The van der Waals surface area contributed by atoms with Crippen molar-refractivity contribution in [3.05, 3.63) is 27.2 Å². The lowest BCUT2D eigenvalue weighted by atomic mass is 10.2. The van der Waals surface area contributed by atoms with Gasteiger partial charge in [-0.2, -0.15) is 0 Å². The molecule has 0 aliphatic carbocycles. The molecule has 0 spiro atoms. The van der Waals surface area contributed by atoms with Crippen molar-refractivity contribution in [3.63, 3.8) is 0 Å². The number of nitrogens with one attached hydrogen (secondary N) is 2. The minimum atomic E-state index is -0.847. The molecule has 0 saturated carbocycles. The largest absolute Gasteiger partial charge is 0.467 e. The summed E-state index contributed by atoms with van der Waals surface area (Å²) in [6.07, 6.45) is 0. The maximum Gasteiger partial charge on any atom is 0.330 e. The number of carbonyl (C=O) groups excluding carboxylic acids is 2. The molecule has 8 heteroatoms. The van der Waals surface area contributed by atoms with Gasteiger partial charge in [-0.25, -0.2) is 4.79 Å². The summed E-state index contributed by atoms with van der Waals surface area (Å²) in [5.74, 6) is -0.926. The first kappa shape index (κ1) is 16.9. The summed E-state index contributed by atoms with van der Waals surface area (Å²) in [5.41, 5.74) is 0.428. The smallest absolute Gasteiger partial charge is 0.330 e. The SMILES string of the molecule is COC(=O)C(CNc1c(Cl)cc(Cl)cc1Cl)NC(C)=O. The van der Waals surface area contributed by atoms with Crippen molar-refractivity contribution in [1.29, 1.82) is 0 Å². The monoisotopic (exact) mass is 338 g/mol. The van der Waals surface area contributed by atoms with E-state index in [1.165, 1.54) is 26.2 Å². The zero-order valence-corrected chi connectivity index (χ0v) is 13.1. The molecule has 0 saturated heterocycles. The number of amides is 1. The van der Waals surface area contributed by atoms with Gasteiger partial charge in [-0.05, 0) is 12.1 Å². The van der Waals surface area contributed by atoms with Gasteiger partial charge in [0.2, 0.25) is 5.91 Å². The third kappa shape index (κ3) is 4.74. The van der Waals surface area contributed by atoms with E-state index in [-0.39, 0.29) is 12.5 Å². The molecule has 1 atom stereocenters. The van der Waals surface area contributed by atoms with Crippen LogP contribution >= 0.6 is 34.8 Å². The van der Waals surface area contributed by atoms with E-state index in [4.69, 9.17) is 34.8 Å². The third-order valence-corrected chi connectivity index (χ3v) is 3.17. The van der Waals surface area contributed by atoms with Crippen LogP contribution in [0.25, 0.3) is 0 Å². The molecule has 5 nitrogen and oxygen atoms in total. The second-order valence-electron chi connectivity index (χ2n) is 3.90. The Morgan fingerprint density at radius 3 is 2.25 bits per heavy atom. The summed E-state index contributed by atoms with van der Waals surface area (Å²) in [5, 5.41) is 6.38. The Labute approximate surface area is 131 Å². The zero-order chi connectivity index (χ0) is 15.3. The average Bonchev–Trinajstić information content (AvgIpc) is 2.34. The second-order valence-corrected chi connectivity index (χ2v) is 5.15. The number of benzene rings is 1. The number of esters is 1. The number of anilines is 1. The average molecular weight is 340 g/mol. The van der Waals surface area contributed by atoms with Gasteiger partial charge in [-0.1, -0.05) is 34.8 Å². The van der Waals surface area contributed by atoms with Crippen molar-refractivity contribution in [2.45, 2.75) is 13.0 Å². The van der Waals surface area contributed by atoms with Crippen LogP contribution in [0.5, 0.6) is 0 Å². The van der Waals surface area contributed by atoms with E-state index < -0.39 is 12.0 Å². The highest BCUT2D eigenvalue weighted by Gasteiger charge is 2.20. The molecule has 1 aromatic rings. The van der Waals surface area contributed by atoms with Gasteiger partial charge in [-0.15, -0.1) is 0 Å². The summed E-state index contributed by atoms with van der Waals surface area (Å²) < 4.78 is 4.60. The van der Waals surface area contributed by atoms with Crippen LogP contribution in [0.3, 0.4) is 0 Å². The quantitative estimate of drug-likeness (QED) is 0.810. The van der Waals surface area contributed by atoms with Crippen molar-refractivity contribution in [1.82, 2.24) is 5.32 Å². The highest BCUT2D eigenvalue weighted by Crippen LogP contribution is 2.33. The van der Waals surface area contributed by atoms with Crippen LogP contribution < -0.4 is 10.6 Å². The number of hydrogen-bond acceptors (Lipinski definition) is 4.